The van der Waals surface area contributed by atoms with Crippen LogP contribution in [-0.4, -0.2) is 58.9 Å². The lowest BCUT2D eigenvalue weighted by atomic mass is 10.0. The molecular formula is C24H28N4O4. The van der Waals surface area contributed by atoms with E-state index in [9.17, 15) is 4.79 Å². The molecule has 3 aromatic rings. The Morgan fingerprint density at radius 2 is 2.09 bits per heavy atom. The Bertz CT molecular complexity index is 1060. The lowest BCUT2D eigenvalue weighted by Gasteiger charge is -2.22. The van der Waals surface area contributed by atoms with Gasteiger partial charge in [0.15, 0.2) is 5.82 Å². The van der Waals surface area contributed by atoms with Crippen LogP contribution in [0.2, 0.25) is 0 Å². The highest BCUT2D eigenvalue weighted by Gasteiger charge is 2.34. The molecular weight excluding hydrogens is 408 g/mol. The first-order chi connectivity index (χ1) is 15.8. The van der Waals surface area contributed by atoms with E-state index in [-0.39, 0.29) is 11.9 Å². The monoisotopic (exact) mass is 436 g/mol. The molecule has 2 aromatic heterocycles. The molecule has 8 heteroatoms. The highest BCUT2D eigenvalue weighted by Crippen LogP contribution is 2.32. The molecule has 0 bridgehead atoms. The maximum atomic E-state index is 13.2. The molecule has 2 aliphatic heterocycles. The van der Waals surface area contributed by atoms with Gasteiger partial charge < -0.3 is 18.9 Å². The van der Waals surface area contributed by atoms with Gasteiger partial charge in [0, 0.05) is 49.9 Å². The number of pyridine rings is 1. The Kier molecular flexibility index (Phi) is 6.41. The van der Waals surface area contributed by atoms with Crippen LogP contribution in [0.15, 0.2) is 41.1 Å². The van der Waals surface area contributed by atoms with E-state index in [0.29, 0.717) is 42.8 Å². The van der Waals surface area contributed by atoms with Crippen LogP contribution in [0.4, 0.5) is 0 Å². The summed E-state index contributed by atoms with van der Waals surface area (Å²) in [4.78, 5) is 24.0. The van der Waals surface area contributed by atoms with Crippen molar-refractivity contribution in [2.45, 2.75) is 38.1 Å². The summed E-state index contributed by atoms with van der Waals surface area (Å²) in [5, 5.41) is 5.07. The van der Waals surface area contributed by atoms with Crippen LogP contribution in [0.3, 0.4) is 0 Å². The van der Waals surface area contributed by atoms with Crippen LogP contribution in [0.1, 0.15) is 53.8 Å². The Morgan fingerprint density at radius 3 is 3.00 bits per heavy atom. The van der Waals surface area contributed by atoms with Crippen molar-refractivity contribution in [3.05, 3.63) is 53.8 Å². The summed E-state index contributed by atoms with van der Waals surface area (Å²) in [5.41, 5.74) is 1.53. The number of ether oxygens (including phenoxy) is 2. The Morgan fingerprint density at radius 1 is 1.19 bits per heavy atom. The molecule has 0 aliphatic carbocycles. The molecule has 1 atom stereocenters. The summed E-state index contributed by atoms with van der Waals surface area (Å²) in [5.74, 6) is 1.70. The first kappa shape index (κ1) is 21.0. The summed E-state index contributed by atoms with van der Waals surface area (Å²) >= 11 is 0. The normalized spacial score (nSPS) is 19.6. The van der Waals surface area contributed by atoms with Gasteiger partial charge in [-0.2, -0.15) is 4.98 Å². The van der Waals surface area contributed by atoms with Crippen molar-refractivity contribution in [1.29, 1.82) is 0 Å². The second-order valence-electron chi connectivity index (χ2n) is 8.50. The molecule has 4 heterocycles. The van der Waals surface area contributed by atoms with Gasteiger partial charge in [-0.15, -0.1) is 0 Å². The number of aromatic nitrogens is 3. The average Bonchev–Trinajstić information content (AvgIpc) is 3.51. The molecule has 2 fully saturated rings. The van der Waals surface area contributed by atoms with E-state index in [2.05, 4.69) is 15.1 Å². The third-order valence-electron chi connectivity index (χ3n) is 6.30. The van der Waals surface area contributed by atoms with Crippen molar-refractivity contribution in [3.63, 3.8) is 0 Å². The Balaban J connectivity index is 1.19. The highest BCUT2D eigenvalue weighted by molar-refractivity contribution is 5.98. The lowest BCUT2D eigenvalue weighted by molar-refractivity contribution is 0.0211. The van der Waals surface area contributed by atoms with Crippen LogP contribution in [0.5, 0.6) is 0 Å². The van der Waals surface area contributed by atoms with Gasteiger partial charge >= 0.3 is 0 Å². The molecule has 8 nitrogen and oxygen atoms in total. The number of amides is 1. The molecule has 1 aromatic carbocycles. The molecule has 5 rings (SSSR count). The Labute approximate surface area is 186 Å². The van der Waals surface area contributed by atoms with Crippen molar-refractivity contribution in [3.8, 4) is 0 Å². The quantitative estimate of drug-likeness (QED) is 0.523. The van der Waals surface area contributed by atoms with Gasteiger partial charge in [-0.05, 0) is 55.9 Å². The molecule has 32 heavy (non-hydrogen) atoms. The van der Waals surface area contributed by atoms with Crippen molar-refractivity contribution >= 4 is 16.8 Å². The van der Waals surface area contributed by atoms with Crippen molar-refractivity contribution in [2.75, 3.05) is 33.0 Å². The predicted octanol–water partition coefficient (Wildman–Crippen LogP) is 3.58. The number of benzene rings is 1. The van der Waals surface area contributed by atoms with E-state index in [1.165, 1.54) is 0 Å². The van der Waals surface area contributed by atoms with Gasteiger partial charge in [-0.25, -0.2) is 0 Å². The van der Waals surface area contributed by atoms with Gasteiger partial charge in [0.2, 0.25) is 5.89 Å². The minimum atomic E-state index is -0.184. The second kappa shape index (κ2) is 9.75. The number of hydrogen-bond acceptors (Lipinski definition) is 7. The zero-order valence-corrected chi connectivity index (χ0v) is 18.1. The third-order valence-corrected chi connectivity index (χ3v) is 6.30. The van der Waals surface area contributed by atoms with Crippen LogP contribution < -0.4 is 0 Å². The van der Waals surface area contributed by atoms with E-state index in [4.69, 9.17) is 14.0 Å². The number of likely N-dealkylation sites (tertiary alicyclic amines) is 1. The first-order valence-corrected chi connectivity index (χ1v) is 11.4. The maximum absolute atomic E-state index is 13.2. The van der Waals surface area contributed by atoms with Crippen LogP contribution >= 0.6 is 0 Å². The van der Waals surface area contributed by atoms with Gasteiger partial charge in [0.05, 0.1) is 12.1 Å². The van der Waals surface area contributed by atoms with E-state index < -0.39 is 0 Å². The molecule has 168 valence electrons. The van der Waals surface area contributed by atoms with Gasteiger partial charge in [-0.3, -0.25) is 9.78 Å². The van der Waals surface area contributed by atoms with Gasteiger partial charge in [0.25, 0.3) is 5.91 Å². The summed E-state index contributed by atoms with van der Waals surface area (Å²) in [6.45, 7) is 3.65. The first-order valence-electron chi connectivity index (χ1n) is 11.4. The Hall–Kier alpha value is -2.84. The number of hydrogen-bond donors (Lipinski definition) is 0. The van der Waals surface area contributed by atoms with Gasteiger partial charge in [-0.1, -0.05) is 11.2 Å². The third kappa shape index (κ3) is 4.66. The number of nitrogens with zero attached hydrogens (tertiary/aromatic N) is 4. The van der Waals surface area contributed by atoms with Crippen molar-refractivity contribution in [2.24, 2.45) is 5.92 Å². The van der Waals surface area contributed by atoms with Crippen LogP contribution in [-0.2, 0) is 15.9 Å². The largest absolute Gasteiger partial charge is 0.381 e. The number of carbonyl (C=O) groups excluding carboxylic acids is 1. The average molecular weight is 437 g/mol. The molecule has 1 unspecified atom stereocenters. The van der Waals surface area contributed by atoms with E-state index in [1.807, 2.05) is 35.2 Å². The zero-order chi connectivity index (χ0) is 21.8. The smallest absolute Gasteiger partial charge is 0.254 e. The fourth-order valence-corrected chi connectivity index (χ4v) is 4.47. The fraction of sp³-hybridized carbons (Fsp3) is 0.500. The van der Waals surface area contributed by atoms with Gasteiger partial charge in [0.1, 0.15) is 6.04 Å². The summed E-state index contributed by atoms with van der Waals surface area (Å²) in [6.07, 6.45) is 6.21. The minimum Gasteiger partial charge on any atom is -0.381 e. The number of carbonyl (C=O) groups is 1. The van der Waals surface area contributed by atoms with E-state index in [0.717, 1.165) is 56.4 Å². The van der Waals surface area contributed by atoms with Crippen molar-refractivity contribution < 1.29 is 18.8 Å². The standard InChI is InChI=1S/C24H28N4O4/c29-24(19-5-6-20-18(15-19)3-1-10-25-20)28-11-2-4-21(28)23-26-22(27-32-23)9-14-31-16-17-7-12-30-13-8-17/h1,3,5-6,10,15,17,21H,2,4,7-9,11-14,16H2. The van der Waals surface area contributed by atoms with Crippen LogP contribution in [0.25, 0.3) is 10.9 Å². The van der Waals surface area contributed by atoms with Crippen molar-refractivity contribution in [1.82, 2.24) is 20.0 Å². The summed E-state index contributed by atoms with van der Waals surface area (Å²) < 4.78 is 16.7. The summed E-state index contributed by atoms with van der Waals surface area (Å²) in [6, 6.07) is 9.28. The zero-order valence-electron chi connectivity index (χ0n) is 18.1. The molecule has 1 amide bonds. The van der Waals surface area contributed by atoms with E-state index in [1.54, 1.807) is 6.20 Å². The molecule has 0 N–H and O–H groups in total. The molecule has 0 spiro atoms. The molecule has 2 saturated heterocycles. The minimum absolute atomic E-state index is 0.0159. The SMILES string of the molecule is O=C(c1ccc2ncccc2c1)N1CCCC1c1nc(CCOCC2CCOCC2)no1. The maximum Gasteiger partial charge on any atom is 0.254 e. The molecule has 2 aliphatic rings. The highest BCUT2D eigenvalue weighted by atomic mass is 16.5. The predicted molar refractivity (Wildman–Crippen MR) is 117 cm³/mol. The fourth-order valence-electron chi connectivity index (χ4n) is 4.47. The topological polar surface area (TPSA) is 90.6 Å². The number of rotatable bonds is 7. The van der Waals surface area contributed by atoms with Crippen LogP contribution in [0, 0.1) is 5.92 Å². The second-order valence-corrected chi connectivity index (χ2v) is 8.50. The molecule has 0 radical (unpaired) electrons. The van der Waals surface area contributed by atoms with E-state index >= 15 is 0 Å². The lowest BCUT2D eigenvalue weighted by Crippen LogP contribution is -2.30. The number of fused-ring (bicyclic) bond motifs is 1. The summed E-state index contributed by atoms with van der Waals surface area (Å²) in [7, 11) is 0. The molecule has 0 saturated carbocycles.